The van der Waals surface area contributed by atoms with Crippen LogP contribution in [0.2, 0.25) is 0 Å². The van der Waals surface area contributed by atoms with Crippen LogP contribution in [-0.2, 0) is 27.2 Å². The lowest BCUT2D eigenvalue weighted by Gasteiger charge is -2.36. The number of piperidine rings is 1. The molecule has 3 aromatic rings. The molecule has 41 heavy (non-hydrogen) atoms. The standard InChI is InChI=1S/C30H38N4O2.C3H7NO/c31-25-14-12-23(13-15-25)29(35)33-28(18-24-19-32-27-11-5-4-10-26(24)27)30(36)34-16-6-9-22(20-34)17-21-7-2-1-3-8-21;1-2-4-3-5/h1-5,7-8,10-11,19,22-23,25,28,32H,6,9,12-18,20,31H2,(H,33,35);3H,2H2,1H3,(H,4,5)/t22-,23?,25?,28-;/m1./s1. The Balaban J connectivity index is 0.000000714. The molecule has 1 saturated heterocycles. The smallest absolute Gasteiger partial charge is 0.245 e. The van der Waals surface area contributed by atoms with Crippen LogP contribution < -0.4 is 16.4 Å². The van der Waals surface area contributed by atoms with Gasteiger partial charge in [0, 0.05) is 55.1 Å². The summed E-state index contributed by atoms with van der Waals surface area (Å²) in [6.07, 6.45) is 9.57. The molecule has 1 aliphatic carbocycles. The van der Waals surface area contributed by atoms with E-state index in [1.54, 1.807) is 0 Å². The molecule has 0 unspecified atom stereocenters. The number of para-hydroxylation sites is 1. The molecule has 0 spiro atoms. The van der Waals surface area contributed by atoms with Gasteiger partial charge >= 0.3 is 0 Å². The number of aromatic nitrogens is 1. The predicted octanol–water partition coefficient (Wildman–Crippen LogP) is 3.95. The second-order valence-electron chi connectivity index (χ2n) is 11.4. The van der Waals surface area contributed by atoms with Crippen LogP contribution >= 0.6 is 0 Å². The number of nitrogens with zero attached hydrogens (tertiary/aromatic N) is 1. The molecule has 1 aromatic heterocycles. The molecule has 8 nitrogen and oxygen atoms in total. The first kappa shape index (κ1) is 30.3. The van der Waals surface area contributed by atoms with Gasteiger partial charge in [0.25, 0.3) is 0 Å². The Morgan fingerprint density at radius 2 is 1.78 bits per heavy atom. The number of likely N-dealkylation sites (tertiary alicyclic amines) is 1. The van der Waals surface area contributed by atoms with E-state index < -0.39 is 6.04 Å². The van der Waals surface area contributed by atoms with Crippen LogP contribution in [0.1, 0.15) is 56.6 Å². The summed E-state index contributed by atoms with van der Waals surface area (Å²) in [4.78, 5) is 41.8. The van der Waals surface area contributed by atoms with Gasteiger partial charge in [0.15, 0.2) is 0 Å². The number of benzene rings is 2. The molecule has 2 atom stereocenters. The van der Waals surface area contributed by atoms with Gasteiger partial charge in [-0.25, -0.2) is 0 Å². The number of nitrogens with two attached hydrogens (primary N) is 1. The molecule has 3 amide bonds. The van der Waals surface area contributed by atoms with Gasteiger partial charge < -0.3 is 26.3 Å². The summed E-state index contributed by atoms with van der Waals surface area (Å²) in [7, 11) is 0. The third-order valence-corrected chi connectivity index (χ3v) is 8.34. The Hall–Kier alpha value is -3.65. The molecule has 0 radical (unpaired) electrons. The lowest BCUT2D eigenvalue weighted by atomic mass is 9.85. The van der Waals surface area contributed by atoms with Crippen LogP contribution in [0.4, 0.5) is 0 Å². The normalized spacial score (nSPS) is 21.3. The zero-order valence-corrected chi connectivity index (χ0v) is 24.2. The molecule has 5 rings (SSSR count). The van der Waals surface area contributed by atoms with Crippen molar-refractivity contribution in [2.45, 2.75) is 70.4 Å². The largest absolute Gasteiger partial charge is 0.361 e. The van der Waals surface area contributed by atoms with E-state index in [0.29, 0.717) is 18.7 Å². The van der Waals surface area contributed by atoms with Gasteiger partial charge in [-0.1, -0.05) is 48.5 Å². The quantitative estimate of drug-likeness (QED) is 0.297. The first-order valence-electron chi connectivity index (χ1n) is 15.1. The number of fused-ring (bicyclic) bond motifs is 1. The van der Waals surface area contributed by atoms with Crippen LogP contribution in [0.5, 0.6) is 0 Å². The SMILES string of the molecule is CCNC=O.NC1CCC(C(=O)N[C@H](Cc2c[nH]c3ccccc23)C(=O)N2CCC[C@H](Cc3ccccc3)C2)CC1. The van der Waals surface area contributed by atoms with Crippen LogP contribution in [0.25, 0.3) is 10.9 Å². The Kier molecular flexibility index (Phi) is 11.4. The Labute approximate surface area is 243 Å². The summed E-state index contributed by atoms with van der Waals surface area (Å²) in [6.45, 7) is 4.09. The van der Waals surface area contributed by atoms with E-state index in [1.807, 2.05) is 42.3 Å². The monoisotopic (exact) mass is 559 g/mol. The van der Waals surface area contributed by atoms with E-state index in [2.05, 4.69) is 45.9 Å². The Morgan fingerprint density at radius 1 is 1.05 bits per heavy atom. The zero-order valence-electron chi connectivity index (χ0n) is 24.2. The van der Waals surface area contributed by atoms with Gasteiger partial charge in [-0.15, -0.1) is 0 Å². The van der Waals surface area contributed by atoms with Crippen molar-refractivity contribution in [1.82, 2.24) is 20.5 Å². The number of hydrogen-bond acceptors (Lipinski definition) is 4. The fraction of sp³-hybridized carbons (Fsp3) is 0.485. The van der Waals surface area contributed by atoms with Crippen LogP contribution in [0.3, 0.4) is 0 Å². The number of nitrogens with one attached hydrogen (secondary N) is 3. The topological polar surface area (TPSA) is 120 Å². The Bertz CT molecular complexity index is 1250. The maximum Gasteiger partial charge on any atom is 0.245 e. The zero-order chi connectivity index (χ0) is 29.0. The number of hydrogen-bond donors (Lipinski definition) is 4. The Morgan fingerprint density at radius 3 is 2.49 bits per heavy atom. The van der Waals surface area contributed by atoms with Crippen molar-refractivity contribution in [3.05, 3.63) is 71.9 Å². The minimum atomic E-state index is -0.567. The molecular weight excluding hydrogens is 514 g/mol. The lowest BCUT2D eigenvalue weighted by molar-refractivity contribution is -0.139. The van der Waals surface area contributed by atoms with Gasteiger partial charge in [-0.05, 0) is 75.0 Å². The predicted molar refractivity (Wildman–Crippen MR) is 163 cm³/mol. The third kappa shape index (κ3) is 8.67. The van der Waals surface area contributed by atoms with Gasteiger partial charge in [-0.2, -0.15) is 0 Å². The minimum Gasteiger partial charge on any atom is -0.361 e. The van der Waals surface area contributed by atoms with Crippen LogP contribution in [0.15, 0.2) is 60.8 Å². The molecule has 1 aliphatic heterocycles. The molecule has 2 heterocycles. The third-order valence-electron chi connectivity index (χ3n) is 8.34. The highest BCUT2D eigenvalue weighted by atomic mass is 16.2. The molecule has 1 saturated carbocycles. The lowest BCUT2D eigenvalue weighted by Crippen LogP contribution is -2.53. The summed E-state index contributed by atoms with van der Waals surface area (Å²) in [6, 6.07) is 18.3. The van der Waals surface area contributed by atoms with Crippen molar-refractivity contribution in [3.8, 4) is 0 Å². The second kappa shape index (κ2) is 15.4. The highest BCUT2D eigenvalue weighted by Gasteiger charge is 2.33. The molecule has 2 aromatic carbocycles. The number of carbonyl (C=O) groups excluding carboxylic acids is 3. The average Bonchev–Trinajstić information content (AvgIpc) is 3.41. The fourth-order valence-electron chi connectivity index (χ4n) is 6.07. The highest BCUT2D eigenvalue weighted by Crippen LogP contribution is 2.26. The number of rotatable bonds is 9. The first-order chi connectivity index (χ1) is 20.0. The van der Waals surface area contributed by atoms with E-state index in [-0.39, 0.29) is 23.8 Å². The number of H-pyrrole nitrogens is 1. The molecule has 2 fully saturated rings. The minimum absolute atomic E-state index is 0.00191. The van der Waals surface area contributed by atoms with Crippen molar-refractivity contribution in [2.24, 2.45) is 17.6 Å². The molecule has 220 valence electrons. The average molecular weight is 560 g/mol. The highest BCUT2D eigenvalue weighted by molar-refractivity contribution is 5.90. The van der Waals surface area contributed by atoms with Crippen molar-refractivity contribution < 1.29 is 14.4 Å². The molecule has 0 bridgehead atoms. The van der Waals surface area contributed by atoms with Crippen molar-refractivity contribution in [3.63, 3.8) is 0 Å². The fourth-order valence-corrected chi connectivity index (χ4v) is 6.07. The van der Waals surface area contributed by atoms with Crippen molar-refractivity contribution in [2.75, 3.05) is 19.6 Å². The molecule has 5 N–H and O–H groups in total. The number of carbonyl (C=O) groups is 3. The van der Waals surface area contributed by atoms with E-state index in [0.717, 1.165) is 81.0 Å². The molecule has 8 heteroatoms. The van der Waals surface area contributed by atoms with Gasteiger partial charge in [0.05, 0.1) is 0 Å². The van der Waals surface area contributed by atoms with Gasteiger partial charge in [0.1, 0.15) is 6.04 Å². The number of amides is 3. The molecular formula is C33H45N5O3. The summed E-state index contributed by atoms with van der Waals surface area (Å²) in [5.74, 6) is 0.418. The van der Waals surface area contributed by atoms with Crippen molar-refractivity contribution >= 4 is 29.1 Å². The van der Waals surface area contributed by atoms with E-state index in [4.69, 9.17) is 5.73 Å². The maximum atomic E-state index is 13.9. The summed E-state index contributed by atoms with van der Waals surface area (Å²) in [5, 5.41) is 6.72. The van der Waals surface area contributed by atoms with E-state index >= 15 is 0 Å². The molecule has 2 aliphatic rings. The van der Waals surface area contributed by atoms with Crippen molar-refractivity contribution in [1.29, 1.82) is 0 Å². The summed E-state index contributed by atoms with van der Waals surface area (Å²) in [5.41, 5.74) is 9.49. The second-order valence-corrected chi connectivity index (χ2v) is 11.4. The summed E-state index contributed by atoms with van der Waals surface area (Å²) < 4.78 is 0. The summed E-state index contributed by atoms with van der Waals surface area (Å²) >= 11 is 0. The van der Waals surface area contributed by atoms with Gasteiger partial charge in [0.2, 0.25) is 18.2 Å². The first-order valence-corrected chi connectivity index (χ1v) is 15.1. The van der Waals surface area contributed by atoms with E-state index in [9.17, 15) is 14.4 Å². The van der Waals surface area contributed by atoms with Crippen LogP contribution in [-0.4, -0.2) is 59.8 Å². The number of aromatic amines is 1. The van der Waals surface area contributed by atoms with Gasteiger partial charge in [-0.3, -0.25) is 14.4 Å². The van der Waals surface area contributed by atoms with E-state index in [1.165, 1.54) is 5.56 Å². The van der Waals surface area contributed by atoms with Crippen LogP contribution in [0, 0.1) is 11.8 Å². The maximum absolute atomic E-state index is 13.9.